The summed E-state index contributed by atoms with van der Waals surface area (Å²) in [6.45, 7) is 1.66. The number of benzene rings is 1. The summed E-state index contributed by atoms with van der Waals surface area (Å²) in [7, 11) is 0. The Hall–Kier alpha value is -3.32. The number of aliphatic hydroxyl groups is 1. The number of fused-ring (bicyclic) bond motifs is 1. The molecule has 3 N–H and O–H groups in total. The first-order valence-electron chi connectivity index (χ1n) is 9.42. The molecule has 1 saturated heterocycles. The van der Waals surface area contributed by atoms with Crippen LogP contribution in [0.2, 0.25) is 0 Å². The van der Waals surface area contributed by atoms with E-state index in [1.807, 2.05) is 0 Å². The second-order valence-electron chi connectivity index (χ2n) is 7.22. The third-order valence-corrected chi connectivity index (χ3v) is 4.87. The molecule has 13 heteroatoms. The smallest absolute Gasteiger partial charge is 0.475 e. The summed E-state index contributed by atoms with van der Waals surface area (Å²) >= 11 is 0. The Morgan fingerprint density at radius 3 is 2.34 bits per heavy atom. The van der Waals surface area contributed by atoms with Crippen LogP contribution in [-0.4, -0.2) is 60.4 Å². The maximum absolute atomic E-state index is 13.1. The van der Waals surface area contributed by atoms with Crippen LogP contribution >= 0.6 is 0 Å². The van der Waals surface area contributed by atoms with Crippen molar-refractivity contribution in [2.75, 3.05) is 13.1 Å². The van der Waals surface area contributed by atoms with Crippen LogP contribution in [0.25, 0.3) is 16.7 Å². The summed E-state index contributed by atoms with van der Waals surface area (Å²) < 4.78 is 47.8. The van der Waals surface area contributed by atoms with Crippen LogP contribution in [0.4, 0.5) is 17.6 Å². The highest BCUT2D eigenvalue weighted by atomic mass is 19.4. The lowest BCUT2D eigenvalue weighted by Gasteiger charge is -2.32. The number of aliphatic carboxylic acids is 1. The van der Waals surface area contributed by atoms with Crippen LogP contribution in [0.3, 0.4) is 0 Å². The number of hydrogen-bond donors (Lipinski definition) is 3. The van der Waals surface area contributed by atoms with E-state index >= 15 is 0 Å². The number of nitrogens with zero attached hydrogens (tertiary/aromatic N) is 4. The minimum atomic E-state index is -5.08. The Balaban J connectivity index is 0.000000360. The van der Waals surface area contributed by atoms with E-state index in [-0.39, 0.29) is 17.9 Å². The minimum Gasteiger partial charge on any atom is -0.475 e. The third-order valence-electron chi connectivity index (χ3n) is 4.87. The molecular formula is C19H19F4N5O4. The number of alkyl halides is 3. The van der Waals surface area contributed by atoms with Crippen LogP contribution in [0.5, 0.6) is 0 Å². The lowest BCUT2D eigenvalue weighted by atomic mass is 9.92. The molecule has 2 aromatic heterocycles. The summed E-state index contributed by atoms with van der Waals surface area (Å²) in [5, 5.41) is 25.5. The normalized spacial score (nSPS) is 15.8. The van der Waals surface area contributed by atoms with Crippen molar-refractivity contribution >= 4 is 17.0 Å². The van der Waals surface area contributed by atoms with Crippen molar-refractivity contribution in [2.45, 2.75) is 31.2 Å². The SMILES string of the molecule is O=C(O)C(F)(F)F.O=c1c2cnn(-c3ccc(F)cc3)c2ncn1CC1(O)CCNCC1. The van der Waals surface area contributed by atoms with Crippen molar-refractivity contribution in [2.24, 2.45) is 0 Å². The van der Waals surface area contributed by atoms with Crippen LogP contribution in [0, 0.1) is 5.82 Å². The van der Waals surface area contributed by atoms with Gasteiger partial charge in [0.25, 0.3) is 5.56 Å². The van der Waals surface area contributed by atoms with Gasteiger partial charge in [0.05, 0.1) is 24.0 Å². The molecule has 3 heterocycles. The number of nitrogens with one attached hydrogen (secondary N) is 1. The topological polar surface area (TPSA) is 122 Å². The molecule has 0 amide bonds. The Morgan fingerprint density at radius 2 is 1.78 bits per heavy atom. The van der Waals surface area contributed by atoms with Crippen LogP contribution in [-0.2, 0) is 11.3 Å². The van der Waals surface area contributed by atoms with Gasteiger partial charge in [-0.25, -0.2) is 18.9 Å². The Labute approximate surface area is 177 Å². The quantitative estimate of drug-likeness (QED) is 0.509. The number of carboxylic acids is 1. The Kier molecular flexibility index (Phi) is 6.60. The highest BCUT2D eigenvalue weighted by Gasteiger charge is 2.38. The molecule has 0 unspecified atom stereocenters. The van der Waals surface area contributed by atoms with Gasteiger partial charge in [-0.1, -0.05) is 0 Å². The van der Waals surface area contributed by atoms with Crippen molar-refractivity contribution in [3.05, 3.63) is 53.0 Å². The molecule has 172 valence electrons. The fourth-order valence-electron chi connectivity index (χ4n) is 3.20. The van der Waals surface area contributed by atoms with Crippen molar-refractivity contribution < 1.29 is 32.6 Å². The predicted octanol–water partition coefficient (Wildman–Crippen LogP) is 1.47. The zero-order chi connectivity index (χ0) is 23.5. The first kappa shape index (κ1) is 23.3. The molecule has 0 saturated carbocycles. The largest absolute Gasteiger partial charge is 0.490 e. The number of aromatic nitrogens is 4. The molecular weight excluding hydrogens is 438 g/mol. The molecule has 32 heavy (non-hydrogen) atoms. The second-order valence-corrected chi connectivity index (χ2v) is 7.22. The fourth-order valence-corrected chi connectivity index (χ4v) is 3.20. The van der Waals surface area contributed by atoms with E-state index < -0.39 is 17.7 Å². The maximum Gasteiger partial charge on any atom is 0.490 e. The van der Waals surface area contributed by atoms with Crippen molar-refractivity contribution in [1.82, 2.24) is 24.6 Å². The first-order valence-corrected chi connectivity index (χ1v) is 9.42. The number of rotatable bonds is 3. The van der Waals surface area contributed by atoms with Gasteiger partial charge in [-0.05, 0) is 50.2 Å². The molecule has 0 spiro atoms. The third kappa shape index (κ3) is 5.29. The summed E-state index contributed by atoms with van der Waals surface area (Å²) in [6, 6.07) is 5.81. The van der Waals surface area contributed by atoms with Crippen molar-refractivity contribution in [3.63, 3.8) is 0 Å². The molecule has 1 aliphatic heterocycles. The van der Waals surface area contributed by atoms with E-state index in [0.717, 1.165) is 13.1 Å². The fraction of sp³-hybridized carbons (Fsp3) is 0.368. The molecule has 1 fully saturated rings. The number of halogens is 4. The van der Waals surface area contributed by atoms with Gasteiger partial charge in [0.15, 0.2) is 5.65 Å². The van der Waals surface area contributed by atoms with E-state index in [1.165, 1.54) is 33.9 Å². The molecule has 0 bridgehead atoms. The van der Waals surface area contributed by atoms with Crippen LogP contribution in [0.1, 0.15) is 12.8 Å². The van der Waals surface area contributed by atoms with Gasteiger partial charge in [0.1, 0.15) is 17.5 Å². The van der Waals surface area contributed by atoms with Gasteiger partial charge in [0, 0.05) is 0 Å². The summed E-state index contributed by atoms with van der Waals surface area (Å²) in [5.74, 6) is -3.10. The lowest BCUT2D eigenvalue weighted by molar-refractivity contribution is -0.192. The van der Waals surface area contributed by atoms with E-state index in [1.54, 1.807) is 12.1 Å². The highest BCUT2D eigenvalue weighted by molar-refractivity contribution is 5.75. The van der Waals surface area contributed by atoms with E-state index in [9.17, 15) is 27.5 Å². The average Bonchev–Trinajstić information content (AvgIpc) is 3.16. The molecule has 9 nitrogen and oxygen atoms in total. The zero-order valence-electron chi connectivity index (χ0n) is 16.5. The molecule has 4 rings (SSSR count). The van der Waals surface area contributed by atoms with Crippen LogP contribution < -0.4 is 10.9 Å². The highest BCUT2D eigenvalue weighted by Crippen LogP contribution is 2.20. The maximum atomic E-state index is 13.1. The number of carbonyl (C=O) groups is 1. The summed E-state index contributed by atoms with van der Waals surface area (Å²) in [5.41, 5.74) is -0.120. The molecule has 1 aliphatic rings. The van der Waals surface area contributed by atoms with Gasteiger partial charge >= 0.3 is 12.1 Å². The zero-order valence-corrected chi connectivity index (χ0v) is 16.5. The van der Waals surface area contributed by atoms with Gasteiger partial charge in [-0.2, -0.15) is 18.3 Å². The minimum absolute atomic E-state index is 0.207. The molecule has 0 atom stereocenters. The summed E-state index contributed by atoms with van der Waals surface area (Å²) in [6.07, 6.45) is -1.01. The Bertz CT molecular complexity index is 1150. The first-order chi connectivity index (χ1) is 15.0. The average molecular weight is 457 g/mol. The van der Waals surface area contributed by atoms with Gasteiger partial charge in [-0.15, -0.1) is 0 Å². The van der Waals surface area contributed by atoms with Crippen molar-refractivity contribution in [1.29, 1.82) is 0 Å². The second kappa shape index (κ2) is 9.04. The van der Waals surface area contributed by atoms with E-state index in [4.69, 9.17) is 9.90 Å². The molecule has 3 aromatic rings. The standard InChI is InChI=1S/C17H18FN5O2.C2HF3O2/c18-12-1-3-13(4-2-12)23-15-14(9-21-23)16(24)22(11-20-15)10-17(25)5-7-19-8-6-17;3-2(4,5)1(6)7/h1-4,9,11,19,25H,5-8,10H2;(H,6,7). The monoisotopic (exact) mass is 457 g/mol. The van der Waals surface area contributed by atoms with Gasteiger partial charge < -0.3 is 15.5 Å². The number of hydrogen-bond acceptors (Lipinski definition) is 6. The lowest BCUT2D eigenvalue weighted by Crippen LogP contribution is -2.46. The van der Waals surface area contributed by atoms with E-state index in [2.05, 4.69) is 15.4 Å². The van der Waals surface area contributed by atoms with Crippen molar-refractivity contribution in [3.8, 4) is 5.69 Å². The molecule has 1 aromatic carbocycles. The Morgan fingerprint density at radius 1 is 1.19 bits per heavy atom. The predicted molar refractivity (Wildman–Crippen MR) is 104 cm³/mol. The molecule has 0 radical (unpaired) electrons. The van der Waals surface area contributed by atoms with Crippen LogP contribution in [0.15, 0.2) is 41.6 Å². The summed E-state index contributed by atoms with van der Waals surface area (Å²) in [4.78, 5) is 26.0. The van der Waals surface area contributed by atoms with Gasteiger partial charge in [-0.3, -0.25) is 9.36 Å². The van der Waals surface area contributed by atoms with Gasteiger partial charge in [0.2, 0.25) is 0 Å². The molecule has 0 aliphatic carbocycles. The number of carboxylic acid groups (broad SMARTS) is 1. The number of piperidine rings is 1. The van der Waals surface area contributed by atoms with E-state index in [0.29, 0.717) is 29.6 Å².